The number of halogens is 2. The molecule has 3 heterocycles. The van der Waals surface area contributed by atoms with E-state index < -0.39 is 0 Å². The monoisotopic (exact) mass is 354 g/mol. The number of aromatic amines is 1. The number of rotatable bonds is 3. The lowest BCUT2D eigenvalue weighted by atomic mass is 9.90. The lowest BCUT2D eigenvalue weighted by Gasteiger charge is -2.26. The first-order valence-corrected chi connectivity index (χ1v) is 7.76. The topological polar surface area (TPSA) is 35.2 Å². The molecule has 1 aromatic heterocycles. The van der Waals surface area contributed by atoms with Crippen molar-refractivity contribution in [2.24, 2.45) is 11.8 Å². The van der Waals surface area contributed by atoms with Gasteiger partial charge in [-0.3, -0.25) is 9.80 Å². The summed E-state index contributed by atoms with van der Waals surface area (Å²) in [5.41, 5.74) is 2.69. The maximum Gasteiger partial charge on any atom is 0.0922 e. The van der Waals surface area contributed by atoms with Crippen LogP contribution in [0.2, 0.25) is 0 Å². The predicted octanol–water partition coefficient (Wildman–Crippen LogP) is 2.99. The molecule has 2 aliphatic rings. The van der Waals surface area contributed by atoms with E-state index in [2.05, 4.69) is 57.1 Å². The summed E-state index contributed by atoms with van der Waals surface area (Å²) in [5.74, 6) is 1.54. The van der Waals surface area contributed by atoms with E-state index in [1.54, 1.807) is 6.33 Å². The molecule has 1 aromatic carbocycles. The Morgan fingerprint density at radius 2 is 1.91 bits per heavy atom. The van der Waals surface area contributed by atoms with Crippen LogP contribution in [-0.2, 0) is 6.54 Å². The van der Waals surface area contributed by atoms with Crippen LogP contribution in [0, 0.1) is 11.8 Å². The first kappa shape index (κ1) is 18.3. The number of hydrogen-bond acceptors (Lipinski definition) is 3. The maximum absolute atomic E-state index is 4.12. The van der Waals surface area contributed by atoms with Crippen LogP contribution in [0.15, 0.2) is 42.9 Å². The van der Waals surface area contributed by atoms with Gasteiger partial charge in [0.05, 0.1) is 6.33 Å². The van der Waals surface area contributed by atoms with Gasteiger partial charge in [-0.2, -0.15) is 0 Å². The van der Waals surface area contributed by atoms with Crippen molar-refractivity contribution in [2.75, 3.05) is 26.7 Å². The number of hydrogen-bond donors (Lipinski definition) is 1. The molecule has 0 radical (unpaired) electrons. The van der Waals surface area contributed by atoms with Gasteiger partial charge in [0, 0.05) is 44.1 Å². The summed E-state index contributed by atoms with van der Waals surface area (Å²) in [5, 5.41) is 0. The average molecular weight is 355 g/mol. The standard InChI is InChI=1S/C17H22N4.2ClH/c1-20-8-14-9-21(10-15-7-18-12-19-15)11-16(14)17(20)13-5-3-2-4-6-13;;/h2-7,12,14,16-17H,8-11H2,1H3,(H,18,19);2*1H/t14-,16+,17-;;/m0../s1. The molecule has 3 atom stereocenters. The lowest BCUT2D eigenvalue weighted by Crippen LogP contribution is -2.28. The molecule has 0 unspecified atom stereocenters. The van der Waals surface area contributed by atoms with Crippen molar-refractivity contribution in [2.45, 2.75) is 12.6 Å². The SMILES string of the molecule is CN1C[C@H]2CN(Cc3cnc[nH]3)C[C@H]2[C@@H]1c1ccccc1.Cl.Cl. The molecule has 0 amide bonds. The Kier molecular flexibility index (Phi) is 6.09. The van der Waals surface area contributed by atoms with Gasteiger partial charge in [0.1, 0.15) is 0 Å². The van der Waals surface area contributed by atoms with Crippen molar-refractivity contribution >= 4 is 24.8 Å². The van der Waals surface area contributed by atoms with Gasteiger partial charge >= 0.3 is 0 Å². The van der Waals surface area contributed by atoms with Gasteiger partial charge in [-0.15, -0.1) is 24.8 Å². The number of nitrogens with zero attached hydrogens (tertiary/aromatic N) is 3. The van der Waals surface area contributed by atoms with E-state index in [0.29, 0.717) is 6.04 Å². The van der Waals surface area contributed by atoms with Gasteiger partial charge < -0.3 is 4.98 Å². The largest absolute Gasteiger partial charge is 0.347 e. The van der Waals surface area contributed by atoms with Crippen LogP contribution in [0.25, 0.3) is 0 Å². The predicted molar refractivity (Wildman–Crippen MR) is 97.2 cm³/mol. The van der Waals surface area contributed by atoms with Crippen LogP contribution in [0.4, 0.5) is 0 Å². The zero-order valence-electron chi connectivity index (χ0n) is 13.3. The lowest BCUT2D eigenvalue weighted by molar-refractivity contribution is 0.223. The third kappa shape index (κ3) is 3.56. The van der Waals surface area contributed by atoms with E-state index in [4.69, 9.17) is 0 Å². The van der Waals surface area contributed by atoms with E-state index in [1.165, 1.54) is 30.9 Å². The molecule has 2 saturated heterocycles. The first-order valence-electron chi connectivity index (χ1n) is 7.76. The van der Waals surface area contributed by atoms with Gasteiger partial charge in [-0.1, -0.05) is 30.3 Å². The van der Waals surface area contributed by atoms with Crippen LogP contribution in [0.1, 0.15) is 17.3 Å². The summed E-state index contributed by atoms with van der Waals surface area (Å²) in [6, 6.07) is 11.6. The van der Waals surface area contributed by atoms with Crippen LogP contribution in [0.3, 0.4) is 0 Å². The van der Waals surface area contributed by atoms with Crippen molar-refractivity contribution < 1.29 is 0 Å². The number of benzene rings is 1. The minimum Gasteiger partial charge on any atom is -0.347 e. The number of imidazole rings is 1. The van der Waals surface area contributed by atoms with Crippen molar-refractivity contribution in [3.05, 3.63) is 54.1 Å². The molecule has 126 valence electrons. The molecule has 23 heavy (non-hydrogen) atoms. The van der Waals surface area contributed by atoms with Crippen LogP contribution < -0.4 is 0 Å². The minimum atomic E-state index is 0. The van der Waals surface area contributed by atoms with Crippen LogP contribution in [-0.4, -0.2) is 46.4 Å². The Morgan fingerprint density at radius 3 is 2.61 bits per heavy atom. The molecule has 1 N–H and O–H groups in total. The second-order valence-corrected chi connectivity index (χ2v) is 6.49. The molecule has 6 heteroatoms. The summed E-state index contributed by atoms with van der Waals surface area (Å²) in [4.78, 5) is 12.5. The van der Waals surface area contributed by atoms with Crippen molar-refractivity contribution in [1.82, 2.24) is 19.8 Å². The minimum absolute atomic E-state index is 0. The molecule has 4 rings (SSSR count). The number of fused-ring (bicyclic) bond motifs is 1. The molecule has 0 saturated carbocycles. The van der Waals surface area contributed by atoms with Crippen molar-refractivity contribution in [3.63, 3.8) is 0 Å². The number of aromatic nitrogens is 2. The Labute approximate surface area is 150 Å². The molecule has 0 bridgehead atoms. The normalized spacial score (nSPS) is 27.3. The van der Waals surface area contributed by atoms with E-state index in [0.717, 1.165) is 18.4 Å². The smallest absolute Gasteiger partial charge is 0.0922 e. The Hall–Kier alpha value is -1.07. The van der Waals surface area contributed by atoms with Gasteiger partial charge in [-0.25, -0.2) is 4.98 Å². The van der Waals surface area contributed by atoms with Crippen molar-refractivity contribution in [1.29, 1.82) is 0 Å². The number of H-pyrrole nitrogens is 1. The fourth-order valence-corrected chi connectivity index (χ4v) is 4.24. The summed E-state index contributed by atoms with van der Waals surface area (Å²) in [6.07, 6.45) is 3.71. The van der Waals surface area contributed by atoms with E-state index in [9.17, 15) is 0 Å². The third-order valence-corrected chi connectivity index (χ3v) is 5.06. The van der Waals surface area contributed by atoms with Gasteiger partial charge in [0.25, 0.3) is 0 Å². The number of likely N-dealkylation sites (tertiary alicyclic amines) is 2. The fourth-order valence-electron chi connectivity index (χ4n) is 4.24. The Balaban J connectivity index is 0.000000960. The summed E-state index contributed by atoms with van der Waals surface area (Å²) in [7, 11) is 2.27. The average Bonchev–Trinajstić information content (AvgIpc) is 3.17. The highest BCUT2D eigenvalue weighted by atomic mass is 35.5. The quantitative estimate of drug-likeness (QED) is 0.919. The molecule has 2 aromatic rings. The Morgan fingerprint density at radius 1 is 1.13 bits per heavy atom. The molecule has 4 nitrogen and oxygen atoms in total. The van der Waals surface area contributed by atoms with E-state index in [1.807, 2.05) is 6.20 Å². The zero-order chi connectivity index (χ0) is 14.2. The molecular formula is C17H24Cl2N4. The maximum atomic E-state index is 4.12. The third-order valence-electron chi connectivity index (χ3n) is 5.06. The van der Waals surface area contributed by atoms with Crippen LogP contribution in [0.5, 0.6) is 0 Å². The zero-order valence-corrected chi connectivity index (χ0v) is 14.9. The molecule has 0 aliphatic carbocycles. The van der Waals surface area contributed by atoms with E-state index >= 15 is 0 Å². The van der Waals surface area contributed by atoms with Crippen LogP contribution >= 0.6 is 24.8 Å². The van der Waals surface area contributed by atoms with Gasteiger partial charge in [0.2, 0.25) is 0 Å². The second-order valence-electron chi connectivity index (χ2n) is 6.49. The number of nitrogens with one attached hydrogen (secondary N) is 1. The highest BCUT2D eigenvalue weighted by Crippen LogP contribution is 2.44. The molecule has 2 aliphatic heterocycles. The molecule has 0 spiro atoms. The molecule has 2 fully saturated rings. The van der Waals surface area contributed by atoms with Gasteiger partial charge in [0.15, 0.2) is 0 Å². The highest BCUT2D eigenvalue weighted by Gasteiger charge is 2.45. The second kappa shape index (κ2) is 7.67. The summed E-state index contributed by atoms with van der Waals surface area (Å²) < 4.78 is 0. The van der Waals surface area contributed by atoms with Gasteiger partial charge in [-0.05, 0) is 24.4 Å². The van der Waals surface area contributed by atoms with Crippen molar-refractivity contribution in [3.8, 4) is 0 Å². The summed E-state index contributed by atoms with van der Waals surface area (Å²) in [6.45, 7) is 4.60. The first-order chi connectivity index (χ1) is 10.3. The van der Waals surface area contributed by atoms with E-state index in [-0.39, 0.29) is 24.8 Å². The highest BCUT2D eigenvalue weighted by molar-refractivity contribution is 5.85. The Bertz CT molecular complexity index is 590. The fraction of sp³-hybridized carbons (Fsp3) is 0.471. The molecular weight excluding hydrogens is 331 g/mol. The summed E-state index contributed by atoms with van der Waals surface area (Å²) >= 11 is 0.